The molecule has 2 aromatic heterocycles. The standard InChI is InChI=1S/C21H28N2O3/c1-17-3-2-4-19(22-17)14-25-15-20-11-21(16-26-20)6-8-23(9-7-21)12-18-5-10-24-13-18/h2-5,10,13,20H,6-9,11-12,14-16H2,1H3/t20-/m0/s1. The van der Waals surface area contributed by atoms with E-state index in [9.17, 15) is 0 Å². The monoisotopic (exact) mass is 356 g/mol. The summed E-state index contributed by atoms with van der Waals surface area (Å²) in [4.78, 5) is 7.00. The van der Waals surface area contributed by atoms with Gasteiger partial charge in [0.1, 0.15) is 0 Å². The maximum Gasteiger partial charge on any atom is 0.0947 e. The number of piperidine rings is 1. The fourth-order valence-corrected chi connectivity index (χ4v) is 4.15. The molecule has 2 aromatic rings. The Morgan fingerprint density at radius 2 is 2.15 bits per heavy atom. The molecule has 0 radical (unpaired) electrons. The lowest BCUT2D eigenvalue weighted by atomic mass is 9.76. The average molecular weight is 356 g/mol. The highest BCUT2D eigenvalue weighted by Crippen LogP contribution is 2.42. The summed E-state index contributed by atoms with van der Waals surface area (Å²) < 4.78 is 17.1. The number of nitrogens with zero attached hydrogens (tertiary/aromatic N) is 2. The van der Waals surface area contributed by atoms with Crippen LogP contribution >= 0.6 is 0 Å². The number of rotatable bonds is 6. The van der Waals surface area contributed by atoms with Crippen molar-refractivity contribution in [1.82, 2.24) is 9.88 Å². The molecule has 2 aliphatic heterocycles. The Hall–Kier alpha value is -1.69. The summed E-state index contributed by atoms with van der Waals surface area (Å²) in [6.45, 7) is 7.37. The second-order valence-electron chi connectivity index (χ2n) is 7.83. The van der Waals surface area contributed by atoms with E-state index in [1.807, 2.05) is 31.4 Å². The van der Waals surface area contributed by atoms with Crippen molar-refractivity contribution >= 4 is 0 Å². The molecule has 0 amide bonds. The number of aromatic nitrogens is 1. The molecule has 2 saturated heterocycles. The molecule has 0 saturated carbocycles. The quantitative estimate of drug-likeness (QED) is 0.792. The molecule has 140 valence electrons. The summed E-state index contributed by atoms with van der Waals surface area (Å²) >= 11 is 0. The van der Waals surface area contributed by atoms with E-state index in [4.69, 9.17) is 13.9 Å². The van der Waals surface area contributed by atoms with Gasteiger partial charge in [-0.05, 0) is 62.9 Å². The summed E-state index contributed by atoms with van der Waals surface area (Å²) in [6.07, 6.45) is 7.36. The van der Waals surface area contributed by atoms with Gasteiger partial charge in [0.05, 0.1) is 44.1 Å². The van der Waals surface area contributed by atoms with Crippen LogP contribution in [0.3, 0.4) is 0 Å². The van der Waals surface area contributed by atoms with Gasteiger partial charge in [-0.3, -0.25) is 9.88 Å². The maximum absolute atomic E-state index is 6.07. The van der Waals surface area contributed by atoms with Crippen molar-refractivity contribution in [2.24, 2.45) is 5.41 Å². The molecular weight excluding hydrogens is 328 g/mol. The summed E-state index contributed by atoms with van der Waals surface area (Å²) in [7, 11) is 0. The first-order valence-corrected chi connectivity index (χ1v) is 9.56. The van der Waals surface area contributed by atoms with Crippen molar-refractivity contribution in [3.63, 3.8) is 0 Å². The van der Waals surface area contributed by atoms with E-state index < -0.39 is 0 Å². The van der Waals surface area contributed by atoms with Gasteiger partial charge in [0, 0.05) is 17.8 Å². The van der Waals surface area contributed by atoms with Gasteiger partial charge >= 0.3 is 0 Å². The molecule has 0 N–H and O–H groups in total. The van der Waals surface area contributed by atoms with Crippen LogP contribution in [0, 0.1) is 12.3 Å². The van der Waals surface area contributed by atoms with Gasteiger partial charge in [-0.1, -0.05) is 6.07 Å². The molecule has 0 unspecified atom stereocenters. The lowest BCUT2D eigenvalue weighted by Gasteiger charge is -2.38. The van der Waals surface area contributed by atoms with Crippen LogP contribution in [0.1, 0.15) is 36.2 Å². The molecule has 0 aromatic carbocycles. The zero-order valence-corrected chi connectivity index (χ0v) is 15.5. The lowest BCUT2D eigenvalue weighted by molar-refractivity contribution is 0.00552. The second kappa shape index (κ2) is 7.91. The highest BCUT2D eigenvalue weighted by atomic mass is 16.5. The van der Waals surface area contributed by atoms with Gasteiger partial charge in [-0.25, -0.2) is 0 Å². The van der Waals surface area contributed by atoms with Gasteiger partial charge in [-0.2, -0.15) is 0 Å². The van der Waals surface area contributed by atoms with Crippen molar-refractivity contribution in [2.75, 3.05) is 26.3 Å². The van der Waals surface area contributed by atoms with E-state index in [0.29, 0.717) is 18.6 Å². The van der Waals surface area contributed by atoms with E-state index >= 15 is 0 Å². The van der Waals surface area contributed by atoms with E-state index in [0.717, 1.165) is 44.0 Å². The minimum absolute atomic E-state index is 0.222. The highest BCUT2D eigenvalue weighted by Gasteiger charge is 2.42. The number of hydrogen-bond donors (Lipinski definition) is 0. The molecular formula is C21H28N2O3. The van der Waals surface area contributed by atoms with Gasteiger partial charge in [0.2, 0.25) is 0 Å². The van der Waals surface area contributed by atoms with Gasteiger partial charge < -0.3 is 13.9 Å². The van der Waals surface area contributed by atoms with Crippen LogP contribution in [0.2, 0.25) is 0 Å². The molecule has 2 aliphatic rings. The molecule has 1 spiro atoms. The third-order valence-corrected chi connectivity index (χ3v) is 5.69. The van der Waals surface area contributed by atoms with Crippen LogP contribution < -0.4 is 0 Å². The summed E-state index contributed by atoms with van der Waals surface area (Å²) in [5.41, 5.74) is 3.64. The van der Waals surface area contributed by atoms with Crippen LogP contribution in [0.25, 0.3) is 0 Å². The van der Waals surface area contributed by atoms with Crippen LogP contribution in [-0.4, -0.2) is 42.3 Å². The Morgan fingerprint density at radius 3 is 2.92 bits per heavy atom. The fraction of sp³-hybridized carbons (Fsp3) is 0.571. The molecule has 5 nitrogen and oxygen atoms in total. The molecule has 1 atom stereocenters. The molecule has 4 rings (SSSR count). The number of aryl methyl sites for hydroxylation is 1. The van der Waals surface area contributed by atoms with Crippen molar-refractivity contribution in [3.8, 4) is 0 Å². The van der Waals surface area contributed by atoms with E-state index in [2.05, 4.69) is 16.0 Å². The fourth-order valence-electron chi connectivity index (χ4n) is 4.15. The third-order valence-electron chi connectivity index (χ3n) is 5.69. The van der Waals surface area contributed by atoms with E-state index in [-0.39, 0.29) is 6.10 Å². The Kier molecular flexibility index (Phi) is 5.38. The van der Waals surface area contributed by atoms with Crippen molar-refractivity contribution in [2.45, 2.75) is 45.4 Å². The number of pyridine rings is 1. The Morgan fingerprint density at radius 1 is 1.27 bits per heavy atom. The predicted octanol–water partition coefficient (Wildman–Crippen LogP) is 3.57. The second-order valence-corrected chi connectivity index (χ2v) is 7.83. The average Bonchev–Trinajstić information content (AvgIpc) is 3.28. The molecule has 0 bridgehead atoms. The molecule has 0 aliphatic carbocycles. The number of likely N-dealkylation sites (tertiary alicyclic amines) is 1. The summed E-state index contributed by atoms with van der Waals surface area (Å²) in [5.74, 6) is 0. The van der Waals surface area contributed by atoms with Crippen molar-refractivity contribution < 1.29 is 13.9 Å². The predicted molar refractivity (Wildman–Crippen MR) is 98.6 cm³/mol. The first kappa shape index (κ1) is 17.7. The zero-order valence-electron chi connectivity index (χ0n) is 15.5. The van der Waals surface area contributed by atoms with Crippen LogP contribution in [0.4, 0.5) is 0 Å². The Bertz CT molecular complexity index is 693. The number of hydrogen-bond acceptors (Lipinski definition) is 5. The van der Waals surface area contributed by atoms with E-state index in [1.165, 1.54) is 18.4 Å². The first-order valence-electron chi connectivity index (χ1n) is 9.56. The largest absolute Gasteiger partial charge is 0.472 e. The normalized spacial score (nSPS) is 22.9. The van der Waals surface area contributed by atoms with Crippen molar-refractivity contribution in [1.29, 1.82) is 0 Å². The molecule has 26 heavy (non-hydrogen) atoms. The summed E-state index contributed by atoms with van der Waals surface area (Å²) in [6, 6.07) is 8.10. The van der Waals surface area contributed by atoms with E-state index in [1.54, 1.807) is 6.26 Å². The smallest absolute Gasteiger partial charge is 0.0947 e. The van der Waals surface area contributed by atoms with Crippen molar-refractivity contribution in [3.05, 3.63) is 53.7 Å². The molecule has 5 heteroatoms. The highest BCUT2D eigenvalue weighted by molar-refractivity contribution is 5.09. The lowest BCUT2D eigenvalue weighted by Crippen LogP contribution is -2.40. The number of ether oxygens (including phenoxy) is 2. The molecule has 4 heterocycles. The molecule has 2 fully saturated rings. The van der Waals surface area contributed by atoms with Gasteiger partial charge in [0.15, 0.2) is 0 Å². The Balaban J connectivity index is 1.20. The van der Waals surface area contributed by atoms with Gasteiger partial charge in [0.25, 0.3) is 0 Å². The minimum Gasteiger partial charge on any atom is -0.472 e. The van der Waals surface area contributed by atoms with Crippen LogP contribution in [0.15, 0.2) is 41.2 Å². The minimum atomic E-state index is 0.222. The first-order chi connectivity index (χ1) is 12.7. The zero-order chi connectivity index (χ0) is 17.8. The van der Waals surface area contributed by atoms with Crippen LogP contribution in [-0.2, 0) is 22.6 Å². The Labute approximate surface area is 155 Å². The third kappa shape index (κ3) is 4.34. The SMILES string of the molecule is Cc1cccc(COC[C@@H]2CC3(CCN(Cc4ccoc4)CC3)CO2)n1. The topological polar surface area (TPSA) is 47.7 Å². The maximum atomic E-state index is 6.07. The van der Waals surface area contributed by atoms with Crippen LogP contribution in [0.5, 0.6) is 0 Å². The van der Waals surface area contributed by atoms with Gasteiger partial charge in [-0.15, -0.1) is 0 Å². The summed E-state index contributed by atoms with van der Waals surface area (Å²) in [5, 5.41) is 0. The number of furan rings is 1.